The van der Waals surface area contributed by atoms with Gasteiger partial charge >= 0.3 is 0 Å². The normalized spacial score (nSPS) is 15.3. The van der Waals surface area contributed by atoms with Crippen LogP contribution in [-0.2, 0) is 0 Å². The number of ether oxygens (including phenoxy) is 2. The maximum atomic E-state index is 9.26. The smallest absolute Gasteiger partial charge is 0.142 e. The molecule has 0 spiro atoms. The molecule has 0 bridgehead atoms. The molecule has 1 aliphatic heterocycles. The van der Waals surface area contributed by atoms with Crippen molar-refractivity contribution < 1.29 is 14.6 Å². The van der Waals surface area contributed by atoms with Gasteiger partial charge in [-0.25, -0.2) is 0 Å². The number of para-hydroxylation sites is 2. The van der Waals surface area contributed by atoms with Crippen LogP contribution in [0.25, 0.3) is 0 Å². The monoisotopic (exact) mass is 328 g/mol. The molecular formula is C19H24N2O3. The first-order chi connectivity index (χ1) is 11.8. The van der Waals surface area contributed by atoms with E-state index in [1.807, 2.05) is 12.1 Å². The highest BCUT2D eigenvalue weighted by atomic mass is 16.5. The predicted octanol–water partition coefficient (Wildman–Crippen LogP) is 2.60. The molecule has 128 valence electrons. The second-order valence-electron chi connectivity index (χ2n) is 5.84. The third-order valence-electron chi connectivity index (χ3n) is 4.31. The molecule has 0 saturated carbocycles. The third kappa shape index (κ3) is 4.11. The highest BCUT2D eigenvalue weighted by Gasteiger charge is 2.19. The van der Waals surface area contributed by atoms with Gasteiger partial charge in [-0.1, -0.05) is 12.1 Å². The van der Waals surface area contributed by atoms with Gasteiger partial charge in [0.1, 0.15) is 23.9 Å². The maximum Gasteiger partial charge on any atom is 0.142 e. The minimum atomic E-state index is 0.259. The Hall–Kier alpha value is -2.40. The van der Waals surface area contributed by atoms with Gasteiger partial charge in [-0.3, -0.25) is 4.90 Å². The lowest BCUT2D eigenvalue weighted by Crippen LogP contribution is -2.47. The Balaban J connectivity index is 1.44. The summed E-state index contributed by atoms with van der Waals surface area (Å²) in [7, 11) is 1.72. The molecule has 1 saturated heterocycles. The van der Waals surface area contributed by atoms with E-state index in [0.717, 1.165) is 44.2 Å². The zero-order chi connectivity index (χ0) is 16.8. The van der Waals surface area contributed by atoms with Gasteiger partial charge in [0.15, 0.2) is 0 Å². The van der Waals surface area contributed by atoms with Crippen molar-refractivity contribution in [3.63, 3.8) is 0 Å². The van der Waals surface area contributed by atoms with Gasteiger partial charge in [-0.15, -0.1) is 0 Å². The first-order valence-corrected chi connectivity index (χ1v) is 8.28. The Morgan fingerprint density at radius 3 is 2.38 bits per heavy atom. The van der Waals surface area contributed by atoms with E-state index in [0.29, 0.717) is 6.61 Å². The summed E-state index contributed by atoms with van der Waals surface area (Å²) < 4.78 is 11.2. The van der Waals surface area contributed by atoms with Crippen molar-refractivity contribution in [2.45, 2.75) is 0 Å². The molecule has 5 heteroatoms. The van der Waals surface area contributed by atoms with Crippen LogP contribution in [0.1, 0.15) is 0 Å². The summed E-state index contributed by atoms with van der Waals surface area (Å²) in [6.07, 6.45) is 0. The highest BCUT2D eigenvalue weighted by molar-refractivity contribution is 5.58. The standard InChI is InChI=1S/C19H24N2O3/c1-23-19-5-3-2-4-18(19)21-12-10-20(11-13-21)14-15-24-17-8-6-16(22)7-9-17/h2-9,22H,10-15H2,1H3. The van der Waals surface area contributed by atoms with E-state index in [4.69, 9.17) is 9.47 Å². The number of rotatable bonds is 6. The van der Waals surface area contributed by atoms with Crippen molar-refractivity contribution in [3.05, 3.63) is 48.5 Å². The Morgan fingerprint density at radius 2 is 1.67 bits per heavy atom. The fourth-order valence-electron chi connectivity index (χ4n) is 2.94. The lowest BCUT2D eigenvalue weighted by Gasteiger charge is -2.36. The second-order valence-corrected chi connectivity index (χ2v) is 5.84. The molecule has 2 aromatic carbocycles. The number of piperazine rings is 1. The van der Waals surface area contributed by atoms with Crippen molar-refractivity contribution in [1.82, 2.24) is 4.90 Å². The van der Waals surface area contributed by atoms with Crippen LogP contribution in [0, 0.1) is 0 Å². The van der Waals surface area contributed by atoms with E-state index in [2.05, 4.69) is 21.9 Å². The molecule has 1 heterocycles. The average molecular weight is 328 g/mol. The predicted molar refractivity (Wildman–Crippen MR) is 95.2 cm³/mol. The van der Waals surface area contributed by atoms with Crippen molar-refractivity contribution in [2.24, 2.45) is 0 Å². The quantitative estimate of drug-likeness (QED) is 0.883. The number of benzene rings is 2. The summed E-state index contributed by atoms with van der Waals surface area (Å²) in [5.74, 6) is 1.98. The summed E-state index contributed by atoms with van der Waals surface area (Å²) in [5, 5.41) is 9.26. The number of hydrogen-bond donors (Lipinski definition) is 1. The summed E-state index contributed by atoms with van der Waals surface area (Å²) in [5.41, 5.74) is 1.17. The molecule has 24 heavy (non-hydrogen) atoms. The Kier molecular flexibility index (Phi) is 5.43. The van der Waals surface area contributed by atoms with Gasteiger partial charge in [0.2, 0.25) is 0 Å². The SMILES string of the molecule is COc1ccccc1N1CCN(CCOc2ccc(O)cc2)CC1. The van der Waals surface area contributed by atoms with Crippen molar-refractivity contribution in [3.8, 4) is 17.2 Å². The molecule has 5 nitrogen and oxygen atoms in total. The Labute approximate surface area is 143 Å². The average Bonchev–Trinajstić information content (AvgIpc) is 2.64. The molecule has 1 aliphatic rings. The zero-order valence-electron chi connectivity index (χ0n) is 14.0. The summed E-state index contributed by atoms with van der Waals surface area (Å²) in [4.78, 5) is 4.78. The molecule has 0 radical (unpaired) electrons. The van der Waals surface area contributed by atoms with Crippen molar-refractivity contribution in [2.75, 3.05) is 51.3 Å². The van der Waals surface area contributed by atoms with Crippen LogP contribution in [0.4, 0.5) is 5.69 Å². The van der Waals surface area contributed by atoms with E-state index >= 15 is 0 Å². The Bertz CT molecular complexity index is 637. The van der Waals surface area contributed by atoms with Crippen molar-refractivity contribution >= 4 is 5.69 Å². The van der Waals surface area contributed by atoms with Crippen LogP contribution < -0.4 is 14.4 Å². The molecule has 0 amide bonds. The molecule has 0 unspecified atom stereocenters. The number of nitrogens with zero attached hydrogens (tertiary/aromatic N) is 2. The molecule has 0 atom stereocenters. The summed E-state index contributed by atoms with van der Waals surface area (Å²) in [6, 6.07) is 15.0. The van der Waals surface area contributed by atoms with Gasteiger partial charge in [0.25, 0.3) is 0 Å². The first-order valence-electron chi connectivity index (χ1n) is 8.28. The Morgan fingerprint density at radius 1 is 0.958 bits per heavy atom. The number of aromatic hydroxyl groups is 1. The molecule has 2 aromatic rings. The number of phenols is 1. The van der Waals surface area contributed by atoms with E-state index in [9.17, 15) is 5.11 Å². The zero-order valence-corrected chi connectivity index (χ0v) is 14.0. The van der Waals surface area contributed by atoms with Gasteiger partial charge < -0.3 is 19.5 Å². The minimum absolute atomic E-state index is 0.259. The minimum Gasteiger partial charge on any atom is -0.508 e. The number of phenolic OH excluding ortho intramolecular Hbond substituents is 1. The van der Waals surface area contributed by atoms with Crippen LogP contribution in [0.2, 0.25) is 0 Å². The topological polar surface area (TPSA) is 45.2 Å². The van der Waals surface area contributed by atoms with Crippen LogP contribution in [0.5, 0.6) is 17.2 Å². The molecule has 0 aromatic heterocycles. The molecule has 1 fully saturated rings. The maximum absolute atomic E-state index is 9.26. The van der Waals surface area contributed by atoms with Crippen LogP contribution in [-0.4, -0.2) is 56.4 Å². The van der Waals surface area contributed by atoms with Crippen LogP contribution in [0.3, 0.4) is 0 Å². The largest absolute Gasteiger partial charge is 0.508 e. The van der Waals surface area contributed by atoms with E-state index in [-0.39, 0.29) is 5.75 Å². The lowest BCUT2D eigenvalue weighted by atomic mass is 10.2. The fraction of sp³-hybridized carbons (Fsp3) is 0.368. The van der Waals surface area contributed by atoms with E-state index in [1.54, 1.807) is 31.4 Å². The second kappa shape index (κ2) is 7.93. The third-order valence-corrected chi connectivity index (χ3v) is 4.31. The highest BCUT2D eigenvalue weighted by Crippen LogP contribution is 2.28. The van der Waals surface area contributed by atoms with Crippen molar-refractivity contribution in [1.29, 1.82) is 0 Å². The van der Waals surface area contributed by atoms with Crippen LogP contribution >= 0.6 is 0 Å². The summed E-state index contributed by atoms with van der Waals surface area (Å²) >= 11 is 0. The van der Waals surface area contributed by atoms with E-state index in [1.165, 1.54) is 5.69 Å². The van der Waals surface area contributed by atoms with Gasteiger partial charge in [-0.2, -0.15) is 0 Å². The number of methoxy groups -OCH3 is 1. The number of hydrogen-bond acceptors (Lipinski definition) is 5. The lowest BCUT2D eigenvalue weighted by molar-refractivity contribution is 0.200. The van der Waals surface area contributed by atoms with Crippen LogP contribution in [0.15, 0.2) is 48.5 Å². The summed E-state index contributed by atoms with van der Waals surface area (Å²) in [6.45, 7) is 5.55. The van der Waals surface area contributed by atoms with Gasteiger partial charge in [-0.05, 0) is 36.4 Å². The molecule has 1 N–H and O–H groups in total. The van der Waals surface area contributed by atoms with Gasteiger partial charge in [0, 0.05) is 32.7 Å². The molecule has 0 aliphatic carbocycles. The number of anilines is 1. The molecular weight excluding hydrogens is 304 g/mol. The fourth-order valence-corrected chi connectivity index (χ4v) is 2.94. The molecule has 3 rings (SSSR count). The van der Waals surface area contributed by atoms with E-state index < -0.39 is 0 Å². The van der Waals surface area contributed by atoms with Gasteiger partial charge in [0.05, 0.1) is 12.8 Å². The first kappa shape index (κ1) is 16.5.